The maximum absolute atomic E-state index is 12.9. The number of carbonyl (C=O) groups excluding carboxylic acids is 1. The second kappa shape index (κ2) is 8.89. The van der Waals surface area contributed by atoms with Gasteiger partial charge < -0.3 is 18.8 Å². The number of hydrogen-bond donors (Lipinski definition) is 0. The highest BCUT2D eigenvalue weighted by atomic mass is 16.5. The van der Waals surface area contributed by atoms with Gasteiger partial charge in [-0.2, -0.15) is 5.26 Å². The zero-order valence-electron chi connectivity index (χ0n) is 18.7. The predicted molar refractivity (Wildman–Crippen MR) is 124 cm³/mol. The van der Waals surface area contributed by atoms with Gasteiger partial charge in [0, 0.05) is 30.4 Å². The third-order valence-corrected chi connectivity index (χ3v) is 5.70. The van der Waals surface area contributed by atoms with Gasteiger partial charge in [0.15, 0.2) is 0 Å². The van der Waals surface area contributed by atoms with Crippen LogP contribution in [-0.2, 0) is 9.47 Å². The van der Waals surface area contributed by atoms with Crippen LogP contribution in [0, 0.1) is 18.3 Å². The lowest BCUT2D eigenvalue weighted by Gasteiger charge is -2.31. The third kappa shape index (κ3) is 4.12. The van der Waals surface area contributed by atoms with E-state index in [0.717, 1.165) is 46.7 Å². The molecule has 2 aromatic heterocycles. The van der Waals surface area contributed by atoms with Crippen LogP contribution < -0.4 is 0 Å². The van der Waals surface area contributed by atoms with Gasteiger partial charge in [-0.25, -0.2) is 4.79 Å². The average molecular weight is 430 g/mol. The summed E-state index contributed by atoms with van der Waals surface area (Å²) in [6, 6.07) is 13.6. The van der Waals surface area contributed by atoms with E-state index in [9.17, 15) is 10.1 Å². The fraction of sp³-hybridized carbons (Fsp3) is 0.308. The van der Waals surface area contributed by atoms with Gasteiger partial charge in [0.1, 0.15) is 0 Å². The SMILES string of the molecule is C=C(c1c(C)c(C(=O)OC(C)C)cc2cc(-c3cccc(C#N)c3)cn12)N1CCOCC1. The van der Waals surface area contributed by atoms with Crippen molar-refractivity contribution in [3.05, 3.63) is 71.6 Å². The molecule has 1 aliphatic heterocycles. The number of ether oxygens (including phenoxy) is 2. The lowest BCUT2D eigenvalue weighted by atomic mass is 10.0. The van der Waals surface area contributed by atoms with Crippen molar-refractivity contribution in [3.8, 4) is 17.2 Å². The van der Waals surface area contributed by atoms with Crippen LogP contribution in [0.25, 0.3) is 22.3 Å². The van der Waals surface area contributed by atoms with E-state index >= 15 is 0 Å². The molecule has 6 nitrogen and oxygen atoms in total. The van der Waals surface area contributed by atoms with Gasteiger partial charge in [0.05, 0.1) is 47.9 Å². The van der Waals surface area contributed by atoms with E-state index in [4.69, 9.17) is 9.47 Å². The fourth-order valence-corrected chi connectivity index (χ4v) is 4.10. The van der Waals surface area contributed by atoms with Crippen LogP contribution in [0.3, 0.4) is 0 Å². The quantitative estimate of drug-likeness (QED) is 0.552. The number of hydrogen-bond acceptors (Lipinski definition) is 5. The van der Waals surface area contributed by atoms with Crippen LogP contribution in [0.4, 0.5) is 0 Å². The highest BCUT2D eigenvalue weighted by Crippen LogP contribution is 2.31. The number of aromatic nitrogens is 1. The summed E-state index contributed by atoms with van der Waals surface area (Å²) < 4.78 is 13.1. The molecule has 0 aliphatic carbocycles. The topological polar surface area (TPSA) is 67.0 Å². The number of fused-ring (bicyclic) bond motifs is 1. The zero-order chi connectivity index (χ0) is 22.8. The van der Waals surface area contributed by atoms with E-state index in [1.165, 1.54) is 0 Å². The van der Waals surface area contributed by atoms with Gasteiger partial charge in [-0.3, -0.25) is 0 Å². The molecular weight excluding hydrogens is 402 g/mol. The zero-order valence-corrected chi connectivity index (χ0v) is 18.7. The Morgan fingerprint density at radius 2 is 1.94 bits per heavy atom. The number of morpholine rings is 1. The number of nitriles is 1. The minimum atomic E-state index is -0.342. The Bertz CT molecular complexity index is 1230. The Labute approximate surface area is 188 Å². The maximum atomic E-state index is 12.9. The molecule has 0 spiro atoms. The fourth-order valence-electron chi connectivity index (χ4n) is 4.10. The summed E-state index contributed by atoms with van der Waals surface area (Å²) in [5, 5.41) is 9.28. The number of nitrogens with zero attached hydrogens (tertiary/aromatic N) is 3. The van der Waals surface area contributed by atoms with Crippen LogP contribution >= 0.6 is 0 Å². The van der Waals surface area contributed by atoms with Crippen molar-refractivity contribution in [2.24, 2.45) is 0 Å². The summed E-state index contributed by atoms with van der Waals surface area (Å²) in [6.07, 6.45) is 1.83. The summed E-state index contributed by atoms with van der Waals surface area (Å²) in [7, 11) is 0. The number of rotatable bonds is 5. The van der Waals surface area contributed by atoms with E-state index in [-0.39, 0.29) is 12.1 Å². The normalized spacial score (nSPS) is 13.9. The molecular formula is C26H27N3O3. The van der Waals surface area contributed by atoms with Gasteiger partial charge in [0.25, 0.3) is 0 Å². The minimum absolute atomic E-state index is 0.208. The average Bonchev–Trinajstić information content (AvgIpc) is 3.22. The molecule has 0 N–H and O–H groups in total. The van der Waals surface area contributed by atoms with Crippen LogP contribution in [0.15, 0.2) is 49.2 Å². The molecule has 3 aromatic rings. The molecule has 32 heavy (non-hydrogen) atoms. The summed E-state index contributed by atoms with van der Waals surface area (Å²) in [6.45, 7) is 12.8. The summed E-state index contributed by atoms with van der Waals surface area (Å²) >= 11 is 0. The van der Waals surface area contributed by atoms with Crippen molar-refractivity contribution < 1.29 is 14.3 Å². The summed E-state index contributed by atoms with van der Waals surface area (Å²) in [4.78, 5) is 15.1. The molecule has 1 aromatic carbocycles. The summed E-state index contributed by atoms with van der Waals surface area (Å²) in [5.41, 5.74) is 6.47. The predicted octanol–water partition coefficient (Wildman–Crippen LogP) is 4.65. The van der Waals surface area contributed by atoms with Gasteiger partial charge >= 0.3 is 5.97 Å². The Morgan fingerprint density at radius 3 is 2.62 bits per heavy atom. The second-order valence-corrected chi connectivity index (χ2v) is 8.25. The van der Waals surface area contributed by atoms with Crippen LogP contribution in [-0.4, -0.2) is 47.7 Å². The Hall–Kier alpha value is -3.56. The van der Waals surface area contributed by atoms with Crippen molar-refractivity contribution in [1.29, 1.82) is 5.26 Å². The molecule has 0 bridgehead atoms. The Kier molecular flexibility index (Phi) is 6.02. The molecule has 0 radical (unpaired) electrons. The highest BCUT2D eigenvalue weighted by Gasteiger charge is 2.23. The third-order valence-electron chi connectivity index (χ3n) is 5.70. The molecule has 1 saturated heterocycles. The molecule has 0 amide bonds. The molecule has 0 atom stereocenters. The molecule has 0 unspecified atom stereocenters. The van der Waals surface area contributed by atoms with E-state index < -0.39 is 0 Å². The van der Waals surface area contributed by atoms with E-state index in [2.05, 4.69) is 21.9 Å². The molecule has 3 heterocycles. The van der Waals surface area contributed by atoms with Gasteiger partial charge in [-0.1, -0.05) is 18.7 Å². The molecule has 6 heteroatoms. The van der Waals surface area contributed by atoms with Gasteiger partial charge in [0.2, 0.25) is 0 Å². The van der Waals surface area contributed by atoms with E-state index in [1.54, 1.807) is 6.07 Å². The lowest BCUT2D eigenvalue weighted by molar-refractivity contribution is 0.0377. The smallest absolute Gasteiger partial charge is 0.338 e. The van der Waals surface area contributed by atoms with Crippen molar-refractivity contribution in [3.63, 3.8) is 0 Å². The Morgan fingerprint density at radius 1 is 1.19 bits per heavy atom. The minimum Gasteiger partial charge on any atom is -0.459 e. The van der Waals surface area contributed by atoms with Crippen molar-refractivity contribution in [1.82, 2.24) is 9.30 Å². The Balaban J connectivity index is 1.89. The number of benzene rings is 1. The van der Waals surface area contributed by atoms with E-state index in [0.29, 0.717) is 24.3 Å². The second-order valence-electron chi connectivity index (χ2n) is 8.25. The van der Waals surface area contributed by atoms with E-state index in [1.807, 2.05) is 57.3 Å². The molecule has 4 rings (SSSR count). The van der Waals surface area contributed by atoms with Crippen LogP contribution in [0.5, 0.6) is 0 Å². The highest BCUT2D eigenvalue weighted by molar-refractivity contribution is 5.94. The molecule has 164 valence electrons. The molecule has 1 aliphatic rings. The van der Waals surface area contributed by atoms with Gasteiger partial charge in [-0.15, -0.1) is 0 Å². The monoisotopic (exact) mass is 429 g/mol. The maximum Gasteiger partial charge on any atom is 0.338 e. The van der Waals surface area contributed by atoms with Crippen molar-refractivity contribution in [2.45, 2.75) is 26.9 Å². The summed E-state index contributed by atoms with van der Waals surface area (Å²) in [5.74, 6) is -0.342. The number of pyridine rings is 1. The first-order valence-electron chi connectivity index (χ1n) is 10.8. The molecule has 1 fully saturated rings. The first-order chi connectivity index (χ1) is 15.4. The first-order valence-corrected chi connectivity index (χ1v) is 10.8. The van der Waals surface area contributed by atoms with Gasteiger partial charge in [-0.05, 0) is 56.2 Å². The largest absolute Gasteiger partial charge is 0.459 e. The van der Waals surface area contributed by atoms with Crippen LogP contribution in [0.1, 0.15) is 41.0 Å². The van der Waals surface area contributed by atoms with Crippen molar-refractivity contribution >= 4 is 17.2 Å². The number of carbonyl (C=O) groups is 1. The first kappa shape index (κ1) is 21.7. The van der Waals surface area contributed by atoms with Crippen molar-refractivity contribution in [2.75, 3.05) is 26.3 Å². The molecule has 0 saturated carbocycles. The number of esters is 1. The lowest BCUT2D eigenvalue weighted by Crippen LogP contribution is -2.35. The van der Waals surface area contributed by atoms with Crippen LogP contribution in [0.2, 0.25) is 0 Å². The standard InChI is InChI=1S/C26H27N3O3/c1-17(2)32-26(30)24-14-23-13-22(21-7-5-6-20(12-21)15-27)16-29(23)25(18(24)3)19(4)28-8-10-31-11-9-28/h5-7,12-14,16-17H,4,8-11H2,1-3H3.